The van der Waals surface area contributed by atoms with Gasteiger partial charge in [-0.3, -0.25) is 0 Å². The molecule has 11 aromatic carbocycles. The summed E-state index contributed by atoms with van der Waals surface area (Å²) in [5.74, 6) is 0. The van der Waals surface area contributed by atoms with Crippen molar-refractivity contribution in [3.05, 3.63) is 252 Å². The summed E-state index contributed by atoms with van der Waals surface area (Å²) in [5, 5.41) is 6.95. The van der Waals surface area contributed by atoms with Crippen molar-refractivity contribution in [1.29, 1.82) is 0 Å². The second-order valence-corrected chi connectivity index (χ2v) is 18.9. The zero-order valence-corrected chi connectivity index (χ0v) is 39.6. The fourth-order valence-corrected chi connectivity index (χ4v) is 11.6. The van der Waals surface area contributed by atoms with Gasteiger partial charge in [-0.15, -0.1) is 0 Å². The zero-order chi connectivity index (χ0) is 46.9. The van der Waals surface area contributed by atoms with Gasteiger partial charge >= 0.3 is 0 Å². The van der Waals surface area contributed by atoms with Gasteiger partial charge in [0.1, 0.15) is 11.2 Å². The van der Waals surface area contributed by atoms with E-state index in [0.717, 1.165) is 74.0 Å². The van der Waals surface area contributed by atoms with Gasteiger partial charge in [0.05, 0.1) is 11.4 Å². The number of furan rings is 1. The Balaban J connectivity index is 0.934. The Morgan fingerprint density at radius 3 is 1.79 bits per heavy atom. The van der Waals surface area contributed by atoms with Gasteiger partial charge in [-0.25, -0.2) is 0 Å². The minimum absolute atomic E-state index is 0.871. The van der Waals surface area contributed by atoms with Gasteiger partial charge < -0.3 is 14.2 Å². The molecule has 1 aromatic heterocycles. The SMILES string of the molecule is Cc1cc(C)c(N(c2ccccc2)c2ccc3c(c2)oc2c4ccc(-c5ccc(N(c6ccccc6-c6ccccc6)c6cccc7c6CCc6ccccc6-7)cc5)cc4c4ccccc4c32)c(C)c1. The van der Waals surface area contributed by atoms with E-state index in [-0.39, 0.29) is 0 Å². The average Bonchev–Trinajstić information content (AvgIpc) is 3.80. The van der Waals surface area contributed by atoms with Crippen LogP contribution in [0.25, 0.3) is 76.9 Å². The van der Waals surface area contributed by atoms with Crippen molar-refractivity contribution in [1.82, 2.24) is 0 Å². The van der Waals surface area contributed by atoms with Crippen LogP contribution in [0.3, 0.4) is 0 Å². The molecule has 0 saturated heterocycles. The van der Waals surface area contributed by atoms with Crippen LogP contribution in [0, 0.1) is 20.8 Å². The van der Waals surface area contributed by atoms with Gasteiger partial charge in [-0.1, -0.05) is 163 Å². The van der Waals surface area contributed by atoms with Crippen molar-refractivity contribution >= 4 is 77.6 Å². The highest BCUT2D eigenvalue weighted by Crippen LogP contribution is 2.48. The Morgan fingerprint density at radius 2 is 0.986 bits per heavy atom. The van der Waals surface area contributed by atoms with Crippen molar-refractivity contribution in [3.8, 4) is 33.4 Å². The van der Waals surface area contributed by atoms with Gasteiger partial charge in [-0.2, -0.15) is 0 Å². The van der Waals surface area contributed by atoms with E-state index in [0.29, 0.717) is 0 Å². The molecular formula is C67H50N2O. The molecule has 0 aliphatic heterocycles. The van der Waals surface area contributed by atoms with Crippen LogP contribution in [0.5, 0.6) is 0 Å². The van der Waals surface area contributed by atoms with E-state index in [9.17, 15) is 0 Å². The molecule has 12 aromatic rings. The van der Waals surface area contributed by atoms with Crippen LogP contribution < -0.4 is 9.80 Å². The lowest BCUT2D eigenvalue weighted by molar-refractivity contribution is 0.673. The maximum atomic E-state index is 7.06. The highest BCUT2D eigenvalue weighted by molar-refractivity contribution is 6.30. The number of hydrogen-bond donors (Lipinski definition) is 0. The number of para-hydroxylation sites is 2. The number of rotatable bonds is 8. The standard InChI is InChI=1S/C67H50N2O/c1-43-39-44(2)66(45(3)40-43)68(50-20-8-5-9-21-50)52-35-38-60-64(42-52)70-67-59-37-32-49(41-61(59)56-24-12-13-25-58(56)65(60)67)46-29-33-51(34-30-46)69(62-27-15-14-23-54(62)47-17-6-4-7-18-47)63-28-16-26-55-53-22-11-10-19-48(53)31-36-57(55)63/h4-30,32-35,37-42H,31,36H2,1-3H3. The Labute approximate surface area is 409 Å². The van der Waals surface area contributed by atoms with Crippen LogP contribution in [0.1, 0.15) is 27.8 Å². The van der Waals surface area contributed by atoms with Crippen LogP contribution in [0.4, 0.5) is 34.1 Å². The summed E-state index contributed by atoms with van der Waals surface area (Å²) < 4.78 is 7.06. The molecule has 0 atom stereocenters. The van der Waals surface area contributed by atoms with Crippen molar-refractivity contribution in [2.45, 2.75) is 33.6 Å². The Bertz CT molecular complexity index is 3960. The molecule has 0 bridgehead atoms. The summed E-state index contributed by atoms with van der Waals surface area (Å²) in [7, 11) is 0. The molecule has 0 unspecified atom stereocenters. The van der Waals surface area contributed by atoms with E-state index in [4.69, 9.17) is 4.42 Å². The lowest BCUT2D eigenvalue weighted by Crippen LogP contribution is -2.16. The first kappa shape index (κ1) is 41.5. The highest BCUT2D eigenvalue weighted by Gasteiger charge is 2.26. The van der Waals surface area contributed by atoms with Gasteiger partial charge in [0, 0.05) is 50.5 Å². The third-order valence-corrected chi connectivity index (χ3v) is 14.6. The van der Waals surface area contributed by atoms with Crippen molar-refractivity contribution in [2.75, 3.05) is 9.80 Å². The third-order valence-electron chi connectivity index (χ3n) is 14.6. The largest absolute Gasteiger partial charge is 0.455 e. The number of nitrogens with zero attached hydrogens (tertiary/aromatic N) is 2. The van der Waals surface area contributed by atoms with E-state index in [1.165, 1.54) is 77.6 Å². The maximum Gasteiger partial charge on any atom is 0.143 e. The molecule has 13 rings (SSSR count). The van der Waals surface area contributed by atoms with Crippen LogP contribution in [0.2, 0.25) is 0 Å². The molecule has 1 aliphatic carbocycles. The number of aryl methyl sites for hydroxylation is 4. The summed E-state index contributed by atoms with van der Waals surface area (Å²) in [6.07, 6.45) is 2.00. The predicted molar refractivity (Wildman–Crippen MR) is 296 cm³/mol. The minimum atomic E-state index is 0.871. The summed E-state index contributed by atoms with van der Waals surface area (Å²) in [4.78, 5) is 4.86. The molecule has 1 aliphatic rings. The van der Waals surface area contributed by atoms with Gasteiger partial charge in [0.15, 0.2) is 0 Å². The number of anilines is 6. The highest BCUT2D eigenvalue weighted by atomic mass is 16.3. The second kappa shape index (κ2) is 16.8. The fourth-order valence-electron chi connectivity index (χ4n) is 11.6. The van der Waals surface area contributed by atoms with Gasteiger partial charge in [0.25, 0.3) is 0 Å². The van der Waals surface area contributed by atoms with Crippen LogP contribution in [-0.4, -0.2) is 0 Å². The summed E-state index contributed by atoms with van der Waals surface area (Å²) >= 11 is 0. The molecule has 0 amide bonds. The molecule has 0 spiro atoms. The monoisotopic (exact) mass is 898 g/mol. The smallest absolute Gasteiger partial charge is 0.143 e. The molecule has 0 fully saturated rings. The lowest BCUT2D eigenvalue weighted by atomic mass is 9.84. The average molecular weight is 899 g/mol. The molecule has 3 heteroatoms. The molecule has 0 N–H and O–H groups in total. The molecule has 70 heavy (non-hydrogen) atoms. The molecule has 0 saturated carbocycles. The first-order valence-corrected chi connectivity index (χ1v) is 24.5. The van der Waals surface area contributed by atoms with Crippen LogP contribution >= 0.6 is 0 Å². The quantitative estimate of drug-likeness (QED) is 0.142. The first-order chi connectivity index (χ1) is 34.5. The molecule has 0 radical (unpaired) electrons. The molecule has 1 heterocycles. The lowest BCUT2D eigenvalue weighted by Gasteiger charge is -2.32. The van der Waals surface area contributed by atoms with E-state index < -0.39 is 0 Å². The van der Waals surface area contributed by atoms with Crippen LogP contribution in [-0.2, 0) is 12.8 Å². The molecule has 334 valence electrons. The molecule has 3 nitrogen and oxygen atoms in total. The Kier molecular flexibility index (Phi) is 9.99. The van der Waals surface area contributed by atoms with E-state index in [1.54, 1.807) is 0 Å². The Hall–Kier alpha value is -8.66. The Morgan fingerprint density at radius 1 is 0.371 bits per heavy atom. The van der Waals surface area contributed by atoms with Gasteiger partial charge in [-0.05, 0) is 161 Å². The van der Waals surface area contributed by atoms with Crippen molar-refractivity contribution < 1.29 is 4.42 Å². The molecular weight excluding hydrogens is 849 g/mol. The second-order valence-electron chi connectivity index (χ2n) is 18.9. The van der Waals surface area contributed by atoms with E-state index >= 15 is 0 Å². The summed E-state index contributed by atoms with van der Waals surface area (Å²) in [6.45, 7) is 6.59. The van der Waals surface area contributed by atoms with Crippen LogP contribution in [0.15, 0.2) is 229 Å². The van der Waals surface area contributed by atoms with E-state index in [1.807, 2.05) is 0 Å². The summed E-state index contributed by atoms with van der Waals surface area (Å²) in [5.41, 5.74) is 22.5. The minimum Gasteiger partial charge on any atom is -0.455 e. The maximum absolute atomic E-state index is 7.06. The first-order valence-electron chi connectivity index (χ1n) is 24.5. The predicted octanol–water partition coefficient (Wildman–Crippen LogP) is 18.9. The normalized spacial score (nSPS) is 12.1. The van der Waals surface area contributed by atoms with Crippen molar-refractivity contribution in [2.24, 2.45) is 0 Å². The van der Waals surface area contributed by atoms with Crippen molar-refractivity contribution in [3.63, 3.8) is 0 Å². The zero-order valence-electron chi connectivity index (χ0n) is 39.6. The third kappa shape index (κ3) is 6.88. The topological polar surface area (TPSA) is 19.6 Å². The van der Waals surface area contributed by atoms with E-state index in [2.05, 4.69) is 255 Å². The number of fused-ring (bicyclic) bond motifs is 11. The number of benzene rings is 11. The summed E-state index contributed by atoms with van der Waals surface area (Å²) in [6, 6.07) is 82.2. The van der Waals surface area contributed by atoms with Gasteiger partial charge in [0.2, 0.25) is 0 Å². The fraction of sp³-hybridized carbons (Fsp3) is 0.0746. The number of hydrogen-bond acceptors (Lipinski definition) is 3.